The maximum Gasteiger partial charge on any atom is 0.236 e. The zero-order valence-electron chi connectivity index (χ0n) is 10.2. The highest BCUT2D eigenvalue weighted by atomic mass is 16.2. The van der Waals surface area contributed by atoms with E-state index >= 15 is 0 Å². The summed E-state index contributed by atoms with van der Waals surface area (Å²) in [5.41, 5.74) is 6.06. The average molecular weight is 225 g/mol. The second-order valence-electron chi connectivity index (χ2n) is 5.09. The first-order valence-corrected chi connectivity index (χ1v) is 6.46. The van der Waals surface area contributed by atoms with E-state index in [9.17, 15) is 4.79 Å². The molecule has 1 amide bonds. The number of nitrogens with two attached hydrogens (primary N) is 1. The van der Waals surface area contributed by atoms with Gasteiger partial charge in [0.15, 0.2) is 0 Å². The Kier molecular flexibility index (Phi) is 3.82. The Morgan fingerprint density at radius 2 is 2.12 bits per heavy atom. The molecule has 0 aromatic heterocycles. The van der Waals surface area contributed by atoms with Gasteiger partial charge < -0.3 is 10.6 Å². The van der Waals surface area contributed by atoms with E-state index in [4.69, 9.17) is 5.73 Å². The van der Waals surface area contributed by atoms with Crippen LogP contribution in [0.5, 0.6) is 0 Å². The van der Waals surface area contributed by atoms with Crippen LogP contribution in [0, 0.1) is 5.92 Å². The lowest BCUT2D eigenvalue weighted by molar-refractivity contribution is -0.136. The van der Waals surface area contributed by atoms with Crippen molar-refractivity contribution in [1.29, 1.82) is 0 Å². The fourth-order valence-electron chi connectivity index (χ4n) is 2.56. The molecule has 2 atom stereocenters. The molecule has 0 radical (unpaired) electrons. The molecule has 16 heavy (non-hydrogen) atoms. The molecular weight excluding hydrogens is 202 g/mol. The maximum atomic E-state index is 11.8. The molecule has 92 valence electrons. The molecule has 2 rings (SSSR count). The summed E-state index contributed by atoms with van der Waals surface area (Å²) in [6.45, 7) is 6.69. The molecule has 4 nitrogen and oxygen atoms in total. The Hall–Kier alpha value is -0.610. The van der Waals surface area contributed by atoms with E-state index in [0.717, 1.165) is 39.0 Å². The van der Waals surface area contributed by atoms with E-state index < -0.39 is 0 Å². The van der Waals surface area contributed by atoms with Crippen molar-refractivity contribution >= 4 is 5.91 Å². The second kappa shape index (κ2) is 5.15. The molecule has 0 aromatic rings. The van der Waals surface area contributed by atoms with Gasteiger partial charge in [0.05, 0.1) is 6.54 Å². The van der Waals surface area contributed by atoms with Gasteiger partial charge in [-0.3, -0.25) is 9.69 Å². The van der Waals surface area contributed by atoms with Gasteiger partial charge in [-0.1, -0.05) is 13.3 Å². The van der Waals surface area contributed by atoms with E-state index in [0.29, 0.717) is 24.4 Å². The third kappa shape index (κ3) is 2.55. The number of likely N-dealkylation sites (tertiary alicyclic amines) is 2. The molecular formula is C12H23N3O. The van der Waals surface area contributed by atoms with Crippen LogP contribution < -0.4 is 5.73 Å². The third-order valence-corrected chi connectivity index (χ3v) is 3.97. The third-order valence-electron chi connectivity index (χ3n) is 3.97. The largest absolute Gasteiger partial charge is 0.341 e. The number of carbonyl (C=O) groups excluding carboxylic acids is 1. The molecule has 0 saturated carbocycles. The Labute approximate surface area is 97.8 Å². The number of hydrogen-bond donors (Lipinski definition) is 1. The first kappa shape index (κ1) is 11.9. The molecule has 2 heterocycles. The van der Waals surface area contributed by atoms with Crippen LogP contribution in [0.15, 0.2) is 0 Å². The quantitative estimate of drug-likeness (QED) is 0.750. The molecule has 2 fully saturated rings. The molecule has 0 aromatic carbocycles. The minimum atomic E-state index is 0.302. The van der Waals surface area contributed by atoms with E-state index in [2.05, 4.69) is 11.8 Å². The molecule has 2 aliphatic rings. The van der Waals surface area contributed by atoms with Crippen molar-refractivity contribution < 1.29 is 4.79 Å². The van der Waals surface area contributed by atoms with Crippen molar-refractivity contribution in [2.75, 3.05) is 32.7 Å². The molecule has 2 aliphatic heterocycles. The smallest absolute Gasteiger partial charge is 0.236 e. The molecule has 2 saturated heterocycles. The standard InChI is InChI=1S/C12H23N3O/c1-2-10-8-14(7-4-11(10)13)9-12(16)15-5-3-6-15/h10-11H,2-9,13H2,1H3. The van der Waals surface area contributed by atoms with Crippen molar-refractivity contribution in [3.63, 3.8) is 0 Å². The summed E-state index contributed by atoms with van der Waals surface area (Å²) in [4.78, 5) is 16.1. The summed E-state index contributed by atoms with van der Waals surface area (Å²) < 4.78 is 0. The van der Waals surface area contributed by atoms with Crippen molar-refractivity contribution in [2.45, 2.75) is 32.2 Å². The van der Waals surface area contributed by atoms with Crippen LogP contribution in [0.2, 0.25) is 0 Å². The molecule has 2 unspecified atom stereocenters. The van der Waals surface area contributed by atoms with Gasteiger partial charge in [0.1, 0.15) is 0 Å². The van der Waals surface area contributed by atoms with Crippen LogP contribution in [0.25, 0.3) is 0 Å². The van der Waals surface area contributed by atoms with Crippen molar-refractivity contribution in [3.8, 4) is 0 Å². The molecule has 4 heteroatoms. The first-order chi connectivity index (χ1) is 7.70. The predicted molar refractivity (Wildman–Crippen MR) is 64.0 cm³/mol. The van der Waals surface area contributed by atoms with E-state index in [1.807, 2.05) is 4.90 Å². The fourth-order valence-corrected chi connectivity index (χ4v) is 2.56. The fraction of sp³-hybridized carbons (Fsp3) is 0.917. The van der Waals surface area contributed by atoms with Crippen LogP contribution in [0.4, 0.5) is 0 Å². The summed E-state index contributed by atoms with van der Waals surface area (Å²) in [5, 5.41) is 0. The first-order valence-electron chi connectivity index (χ1n) is 6.46. The molecule has 0 bridgehead atoms. The van der Waals surface area contributed by atoms with Gasteiger partial charge in [-0.05, 0) is 18.8 Å². The molecule has 2 N–H and O–H groups in total. The van der Waals surface area contributed by atoms with E-state index in [1.165, 1.54) is 6.42 Å². The van der Waals surface area contributed by atoms with Crippen LogP contribution in [0.1, 0.15) is 26.2 Å². The maximum absolute atomic E-state index is 11.8. The number of rotatable bonds is 3. The normalized spacial score (nSPS) is 31.2. The van der Waals surface area contributed by atoms with Crippen LogP contribution in [0.3, 0.4) is 0 Å². The Morgan fingerprint density at radius 3 is 2.69 bits per heavy atom. The number of hydrogen-bond acceptors (Lipinski definition) is 3. The summed E-state index contributed by atoms with van der Waals surface area (Å²) >= 11 is 0. The lowest BCUT2D eigenvalue weighted by Crippen LogP contribution is -2.52. The zero-order valence-corrected chi connectivity index (χ0v) is 10.2. The second-order valence-corrected chi connectivity index (χ2v) is 5.09. The van der Waals surface area contributed by atoms with Gasteiger partial charge in [-0.25, -0.2) is 0 Å². The van der Waals surface area contributed by atoms with Gasteiger partial charge >= 0.3 is 0 Å². The van der Waals surface area contributed by atoms with E-state index in [-0.39, 0.29) is 0 Å². The van der Waals surface area contributed by atoms with Gasteiger partial charge in [-0.2, -0.15) is 0 Å². The van der Waals surface area contributed by atoms with E-state index in [1.54, 1.807) is 0 Å². The highest BCUT2D eigenvalue weighted by molar-refractivity contribution is 5.78. The van der Waals surface area contributed by atoms with Gasteiger partial charge in [0.2, 0.25) is 5.91 Å². The molecule has 0 spiro atoms. The highest BCUT2D eigenvalue weighted by Gasteiger charge is 2.28. The van der Waals surface area contributed by atoms with Crippen molar-refractivity contribution in [1.82, 2.24) is 9.80 Å². The summed E-state index contributed by atoms with van der Waals surface area (Å²) in [7, 11) is 0. The topological polar surface area (TPSA) is 49.6 Å². The molecule has 0 aliphatic carbocycles. The highest BCUT2D eigenvalue weighted by Crippen LogP contribution is 2.18. The van der Waals surface area contributed by atoms with Gasteiger partial charge in [0, 0.05) is 32.2 Å². The lowest BCUT2D eigenvalue weighted by Gasteiger charge is -2.38. The zero-order chi connectivity index (χ0) is 11.5. The summed E-state index contributed by atoms with van der Waals surface area (Å²) in [6.07, 6.45) is 3.33. The minimum absolute atomic E-state index is 0.302. The van der Waals surface area contributed by atoms with Crippen molar-refractivity contribution in [2.24, 2.45) is 11.7 Å². The Bertz CT molecular complexity index is 253. The Balaban J connectivity index is 1.79. The number of amides is 1. The van der Waals surface area contributed by atoms with Crippen LogP contribution in [-0.2, 0) is 4.79 Å². The lowest BCUT2D eigenvalue weighted by atomic mass is 9.91. The average Bonchev–Trinajstić information content (AvgIpc) is 2.18. The van der Waals surface area contributed by atoms with Gasteiger partial charge in [0.25, 0.3) is 0 Å². The van der Waals surface area contributed by atoms with Crippen molar-refractivity contribution in [3.05, 3.63) is 0 Å². The number of piperidine rings is 1. The number of carbonyl (C=O) groups is 1. The predicted octanol–water partition coefficient (Wildman–Crippen LogP) is 0.278. The SMILES string of the molecule is CCC1CN(CC(=O)N2CCC2)CCC1N. The summed E-state index contributed by atoms with van der Waals surface area (Å²) in [5.74, 6) is 0.870. The number of nitrogens with zero attached hydrogens (tertiary/aromatic N) is 2. The minimum Gasteiger partial charge on any atom is -0.341 e. The monoisotopic (exact) mass is 225 g/mol. The summed E-state index contributed by atoms with van der Waals surface area (Å²) in [6, 6.07) is 0.334. The Morgan fingerprint density at radius 1 is 1.38 bits per heavy atom. The van der Waals surface area contributed by atoms with Crippen LogP contribution >= 0.6 is 0 Å². The van der Waals surface area contributed by atoms with Crippen LogP contribution in [-0.4, -0.2) is 54.5 Å². The van der Waals surface area contributed by atoms with Gasteiger partial charge in [-0.15, -0.1) is 0 Å².